The fourth-order valence-corrected chi connectivity index (χ4v) is 1.87. The van der Waals surface area contributed by atoms with E-state index in [1.54, 1.807) is 0 Å². The quantitative estimate of drug-likeness (QED) is 0.402. The van der Waals surface area contributed by atoms with E-state index in [1.165, 1.54) is 18.2 Å². The van der Waals surface area contributed by atoms with Crippen LogP contribution in [-0.4, -0.2) is 17.4 Å². The smallest absolute Gasteiger partial charge is 0.270 e. The number of benzene rings is 1. The van der Waals surface area contributed by atoms with E-state index in [1.807, 2.05) is 0 Å². The second-order valence-corrected chi connectivity index (χ2v) is 4.52. The van der Waals surface area contributed by atoms with Crippen molar-refractivity contribution in [3.8, 4) is 0 Å². The first-order valence-corrected chi connectivity index (χ1v) is 6.56. The Morgan fingerprint density at radius 2 is 2.05 bits per heavy atom. The number of rotatable bonds is 7. The number of hydrazine groups is 1. The molecule has 1 amide bonds. The highest BCUT2D eigenvalue weighted by molar-refractivity contribution is 6.00. The number of nitrogen functional groups attached to an aromatic ring is 1. The first-order chi connectivity index (χ1) is 9.53. The fraction of sp³-hybridized carbons (Fsp3) is 0.462. The van der Waals surface area contributed by atoms with E-state index in [2.05, 4.69) is 24.6 Å². The molecule has 0 aliphatic heterocycles. The van der Waals surface area contributed by atoms with E-state index in [0.717, 1.165) is 12.8 Å². The molecular weight excluding hydrogens is 260 g/mol. The van der Waals surface area contributed by atoms with Crippen LogP contribution in [0.1, 0.15) is 37.0 Å². The normalized spacial score (nSPS) is 10.4. The summed E-state index contributed by atoms with van der Waals surface area (Å²) in [6, 6.07) is 3.94. The number of nitro groups is 1. The van der Waals surface area contributed by atoms with E-state index in [-0.39, 0.29) is 17.2 Å². The van der Waals surface area contributed by atoms with Crippen molar-refractivity contribution in [3.63, 3.8) is 0 Å². The van der Waals surface area contributed by atoms with Gasteiger partial charge in [0, 0.05) is 18.7 Å². The Kier molecular flexibility index (Phi) is 5.92. The molecule has 0 unspecified atom stereocenters. The van der Waals surface area contributed by atoms with Gasteiger partial charge in [0.05, 0.1) is 16.2 Å². The molecule has 0 saturated heterocycles. The van der Waals surface area contributed by atoms with Crippen molar-refractivity contribution in [1.82, 2.24) is 5.32 Å². The summed E-state index contributed by atoms with van der Waals surface area (Å²) in [5.41, 5.74) is 2.77. The molecule has 1 aromatic carbocycles. The Hall–Kier alpha value is -2.15. The van der Waals surface area contributed by atoms with Crippen LogP contribution in [0.25, 0.3) is 0 Å². The molecular formula is C13H20N4O3. The summed E-state index contributed by atoms with van der Waals surface area (Å²) >= 11 is 0. The minimum absolute atomic E-state index is 0.142. The molecule has 1 aromatic rings. The number of nitrogens with one attached hydrogen (secondary N) is 2. The number of amides is 1. The van der Waals surface area contributed by atoms with Gasteiger partial charge in [0.1, 0.15) is 0 Å². The van der Waals surface area contributed by atoms with Crippen molar-refractivity contribution >= 4 is 17.3 Å². The van der Waals surface area contributed by atoms with Crippen LogP contribution in [0.15, 0.2) is 18.2 Å². The summed E-state index contributed by atoms with van der Waals surface area (Å²) in [5, 5.41) is 13.5. The zero-order valence-corrected chi connectivity index (χ0v) is 11.7. The van der Waals surface area contributed by atoms with Crippen molar-refractivity contribution < 1.29 is 9.72 Å². The maximum Gasteiger partial charge on any atom is 0.270 e. The summed E-state index contributed by atoms with van der Waals surface area (Å²) in [7, 11) is 0. The van der Waals surface area contributed by atoms with Crippen molar-refractivity contribution in [2.75, 3.05) is 12.0 Å². The van der Waals surface area contributed by atoms with Gasteiger partial charge in [-0.25, -0.2) is 0 Å². The monoisotopic (exact) mass is 280 g/mol. The van der Waals surface area contributed by atoms with Gasteiger partial charge >= 0.3 is 0 Å². The molecule has 0 fully saturated rings. The third-order valence-corrected chi connectivity index (χ3v) is 3.32. The highest BCUT2D eigenvalue weighted by atomic mass is 16.6. The molecule has 4 N–H and O–H groups in total. The van der Waals surface area contributed by atoms with Gasteiger partial charge < -0.3 is 10.7 Å². The Labute approximate surface area is 117 Å². The van der Waals surface area contributed by atoms with Crippen molar-refractivity contribution in [1.29, 1.82) is 0 Å². The Balaban J connectivity index is 2.90. The zero-order chi connectivity index (χ0) is 15.1. The minimum Gasteiger partial charge on any atom is -0.352 e. The fourth-order valence-electron chi connectivity index (χ4n) is 1.87. The van der Waals surface area contributed by atoms with Crippen LogP contribution in [0.2, 0.25) is 0 Å². The van der Waals surface area contributed by atoms with E-state index in [4.69, 9.17) is 5.84 Å². The van der Waals surface area contributed by atoms with Gasteiger partial charge in [-0.1, -0.05) is 26.7 Å². The average molecular weight is 280 g/mol. The molecule has 7 heteroatoms. The highest BCUT2D eigenvalue weighted by Gasteiger charge is 2.17. The van der Waals surface area contributed by atoms with Crippen molar-refractivity contribution in [2.24, 2.45) is 11.8 Å². The molecule has 0 aliphatic rings. The molecule has 0 spiro atoms. The molecule has 0 aromatic heterocycles. The highest BCUT2D eigenvalue weighted by Crippen LogP contribution is 2.21. The second kappa shape index (κ2) is 7.44. The molecule has 0 atom stereocenters. The SMILES string of the molecule is CCC(CC)CNC(=O)c1cc([N+](=O)[O-])ccc1NN. The lowest BCUT2D eigenvalue weighted by molar-refractivity contribution is -0.384. The topological polar surface area (TPSA) is 110 Å². The Morgan fingerprint density at radius 1 is 1.40 bits per heavy atom. The predicted molar refractivity (Wildman–Crippen MR) is 77.3 cm³/mol. The van der Waals surface area contributed by atoms with Crippen LogP contribution in [0.4, 0.5) is 11.4 Å². The van der Waals surface area contributed by atoms with Gasteiger partial charge in [-0.3, -0.25) is 20.8 Å². The lowest BCUT2D eigenvalue weighted by Crippen LogP contribution is -2.30. The van der Waals surface area contributed by atoms with E-state index in [0.29, 0.717) is 18.2 Å². The van der Waals surface area contributed by atoms with Crippen LogP contribution in [0.5, 0.6) is 0 Å². The van der Waals surface area contributed by atoms with E-state index in [9.17, 15) is 14.9 Å². The van der Waals surface area contributed by atoms with Crippen LogP contribution in [-0.2, 0) is 0 Å². The number of nitrogens with two attached hydrogens (primary N) is 1. The largest absolute Gasteiger partial charge is 0.352 e. The molecule has 7 nitrogen and oxygen atoms in total. The van der Waals surface area contributed by atoms with Gasteiger partial charge in [-0.2, -0.15) is 0 Å². The molecule has 1 rings (SSSR count). The predicted octanol–water partition coefficient (Wildman–Crippen LogP) is 2.05. The summed E-state index contributed by atoms with van der Waals surface area (Å²) in [5.74, 6) is 5.35. The second-order valence-electron chi connectivity index (χ2n) is 4.52. The third kappa shape index (κ3) is 3.92. The van der Waals surface area contributed by atoms with Gasteiger partial charge in [0.15, 0.2) is 0 Å². The lowest BCUT2D eigenvalue weighted by atomic mass is 10.0. The number of carbonyl (C=O) groups is 1. The molecule has 0 saturated carbocycles. The average Bonchev–Trinajstić information content (AvgIpc) is 2.47. The molecule has 20 heavy (non-hydrogen) atoms. The first kappa shape index (κ1) is 15.9. The van der Waals surface area contributed by atoms with Crippen molar-refractivity contribution in [3.05, 3.63) is 33.9 Å². The number of hydrogen-bond donors (Lipinski definition) is 3. The molecule has 0 heterocycles. The summed E-state index contributed by atoms with van der Waals surface area (Å²) in [4.78, 5) is 22.3. The number of carbonyl (C=O) groups excluding carboxylic acids is 1. The van der Waals surface area contributed by atoms with Crippen LogP contribution < -0.4 is 16.6 Å². The lowest BCUT2D eigenvalue weighted by Gasteiger charge is -2.14. The van der Waals surface area contributed by atoms with Crippen LogP contribution in [0.3, 0.4) is 0 Å². The third-order valence-electron chi connectivity index (χ3n) is 3.32. The Bertz CT molecular complexity index is 487. The Morgan fingerprint density at radius 3 is 2.55 bits per heavy atom. The van der Waals surface area contributed by atoms with Crippen molar-refractivity contribution in [2.45, 2.75) is 26.7 Å². The van der Waals surface area contributed by atoms with Crippen LogP contribution in [0, 0.1) is 16.0 Å². The number of anilines is 1. The first-order valence-electron chi connectivity index (χ1n) is 6.56. The number of non-ortho nitro benzene ring substituents is 1. The zero-order valence-electron chi connectivity index (χ0n) is 11.7. The van der Waals surface area contributed by atoms with E-state index >= 15 is 0 Å². The maximum atomic E-state index is 12.1. The standard InChI is InChI=1S/C13H20N4O3/c1-3-9(4-2)8-15-13(18)11-7-10(17(19)20)5-6-12(11)16-14/h5-7,9,16H,3-4,8,14H2,1-2H3,(H,15,18). The number of nitro benzene ring substituents is 1. The maximum absolute atomic E-state index is 12.1. The molecule has 0 radical (unpaired) electrons. The van der Waals surface area contributed by atoms with Gasteiger partial charge in [-0.05, 0) is 12.0 Å². The van der Waals surface area contributed by atoms with Gasteiger partial charge in [0.2, 0.25) is 0 Å². The molecule has 110 valence electrons. The summed E-state index contributed by atoms with van der Waals surface area (Å²) in [6.45, 7) is 4.65. The summed E-state index contributed by atoms with van der Waals surface area (Å²) < 4.78 is 0. The number of hydrogen-bond acceptors (Lipinski definition) is 5. The van der Waals surface area contributed by atoms with Crippen LogP contribution >= 0.6 is 0 Å². The van der Waals surface area contributed by atoms with Gasteiger partial charge in [0.25, 0.3) is 11.6 Å². The number of nitrogens with zero attached hydrogens (tertiary/aromatic N) is 1. The van der Waals surface area contributed by atoms with Gasteiger partial charge in [-0.15, -0.1) is 0 Å². The summed E-state index contributed by atoms with van der Waals surface area (Å²) in [6.07, 6.45) is 1.93. The van der Waals surface area contributed by atoms with E-state index < -0.39 is 4.92 Å². The molecule has 0 bridgehead atoms. The molecule has 0 aliphatic carbocycles. The minimum atomic E-state index is -0.544.